The SMILES string of the molecule is CC1CCC(CN)CN1S(=O)(=O)c1cn(C)cn1. The molecule has 6 nitrogen and oxygen atoms in total. The van der Waals surface area contributed by atoms with Crippen molar-refractivity contribution < 1.29 is 8.42 Å². The Kier molecular flexibility index (Phi) is 3.74. The summed E-state index contributed by atoms with van der Waals surface area (Å²) in [7, 11) is -1.73. The third kappa shape index (κ3) is 2.43. The number of piperidine rings is 1. The van der Waals surface area contributed by atoms with E-state index in [4.69, 9.17) is 5.73 Å². The van der Waals surface area contributed by atoms with Crippen molar-refractivity contribution in [1.29, 1.82) is 0 Å². The highest BCUT2D eigenvalue weighted by Gasteiger charge is 2.35. The molecular formula is C11H20N4O2S. The number of aryl methyl sites for hydroxylation is 1. The van der Waals surface area contributed by atoms with Crippen molar-refractivity contribution in [3.05, 3.63) is 12.5 Å². The van der Waals surface area contributed by atoms with E-state index >= 15 is 0 Å². The van der Waals surface area contributed by atoms with E-state index in [1.165, 1.54) is 16.8 Å². The average molecular weight is 272 g/mol. The summed E-state index contributed by atoms with van der Waals surface area (Å²) in [4.78, 5) is 3.95. The maximum Gasteiger partial charge on any atom is 0.262 e. The third-order valence-corrected chi connectivity index (χ3v) is 5.38. The van der Waals surface area contributed by atoms with Gasteiger partial charge in [0.05, 0.1) is 6.33 Å². The highest BCUT2D eigenvalue weighted by atomic mass is 32.2. The van der Waals surface area contributed by atoms with E-state index in [2.05, 4.69) is 4.98 Å². The van der Waals surface area contributed by atoms with Crippen LogP contribution in [-0.2, 0) is 17.1 Å². The van der Waals surface area contributed by atoms with Gasteiger partial charge in [0.2, 0.25) is 0 Å². The molecule has 7 heteroatoms. The fraction of sp³-hybridized carbons (Fsp3) is 0.727. The van der Waals surface area contributed by atoms with Crippen LogP contribution in [0.25, 0.3) is 0 Å². The number of hydrogen-bond acceptors (Lipinski definition) is 4. The van der Waals surface area contributed by atoms with Gasteiger partial charge in [0.15, 0.2) is 5.03 Å². The molecule has 2 atom stereocenters. The van der Waals surface area contributed by atoms with E-state index in [0.29, 0.717) is 13.1 Å². The molecule has 0 saturated carbocycles. The summed E-state index contributed by atoms with van der Waals surface area (Å²) in [5.41, 5.74) is 5.66. The van der Waals surface area contributed by atoms with Gasteiger partial charge in [-0.3, -0.25) is 0 Å². The Balaban J connectivity index is 2.28. The number of aromatic nitrogens is 2. The van der Waals surface area contributed by atoms with Gasteiger partial charge >= 0.3 is 0 Å². The molecule has 1 aromatic heterocycles. The smallest absolute Gasteiger partial charge is 0.262 e. The molecule has 18 heavy (non-hydrogen) atoms. The summed E-state index contributed by atoms with van der Waals surface area (Å²) in [5.74, 6) is 0.250. The van der Waals surface area contributed by atoms with Crippen molar-refractivity contribution in [2.75, 3.05) is 13.1 Å². The van der Waals surface area contributed by atoms with E-state index in [9.17, 15) is 8.42 Å². The number of hydrogen-bond donors (Lipinski definition) is 1. The van der Waals surface area contributed by atoms with Gasteiger partial charge in [-0.25, -0.2) is 13.4 Å². The zero-order valence-corrected chi connectivity index (χ0v) is 11.6. The Labute approximate surface area is 108 Å². The molecule has 2 unspecified atom stereocenters. The van der Waals surface area contributed by atoms with Gasteiger partial charge in [0.25, 0.3) is 10.0 Å². The Bertz CT molecular complexity index is 511. The first kappa shape index (κ1) is 13.5. The first-order valence-electron chi connectivity index (χ1n) is 6.15. The van der Waals surface area contributed by atoms with Crippen LogP contribution >= 0.6 is 0 Å². The lowest BCUT2D eigenvalue weighted by Crippen LogP contribution is -2.47. The number of sulfonamides is 1. The molecule has 1 saturated heterocycles. The van der Waals surface area contributed by atoms with Gasteiger partial charge in [-0.1, -0.05) is 0 Å². The largest absolute Gasteiger partial charge is 0.339 e. The van der Waals surface area contributed by atoms with E-state index < -0.39 is 10.0 Å². The predicted octanol–water partition coefficient (Wildman–Crippen LogP) is 0.168. The molecule has 1 aliphatic heterocycles. The fourth-order valence-corrected chi connectivity index (χ4v) is 4.02. The third-order valence-electron chi connectivity index (χ3n) is 3.51. The molecule has 0 spiro atoms. The average Bonchev–Trinajstić information content (AvgIpc) is 2.77. The monoisotopic (exact) mass is 272 g/mol. The molecule has 1 fully saturated rings. The molecule has 0 bridgehead atoms. The van der Waals surface area contributed by atoms with Gasteiger partial charge in [-0.05, 0) is 32.2 Å². The van der Waals surface area contributed by atoms with E-state index in [1.807, 2.05) is 6.92 Å². The molecule has 2 heterocycles. The zero-order valence-electron chi connectivity index (χ0n) is 10.8. The van der Waals surface area contributed by atoms with Crippen LogP contribution in [0.4, 0.5) is 0 Å². The van der Waals surface area contributed by atoms with Crippen LogP contribution in [0, 0.1) is 5.92 Å². The van der Waals surface area contributed by atoms with Gasteiger partial charge in [-0.2, -0.15) is 4.31 Å². The summed E-state index contributed by atoms with van der Waals surface area (Å²) >= 11 is 0. The zero-order chi connectivity index (χ0) is 13.3. The van der Waals surface area contributed by atoms with E-state index in [0.717, 1.165) is 12.8 Å². The van der Waals surface area contributed by atoms with Gasteiger partial charge in [-0.15, -0.1) is 0 Å². The van der Waals surface area contributed by atoms with Crippen molar-refractivity contribution in [3.8, 4) is 0 Å². The summed E-state index contributed by atoms with van der Waals surface area (Å²) < 4.78 is 28.1. The molecule has 0 aromatic carbocycles. The van der Waals surface area contributed by atoms with Crippen LogP contribution in [0.15, 0.2) is 17.6 Å². The van der Waals surface area contributed by atoms with Crippen molar-refractivity contribution in [2.45, 2.75) is 30.8 Å². The van der Waals surface area contributed by atoms with Gasteiger partial charge < -0.3 is 10.3 Å². The Morgan fingerprint density at radius 3 is 2.78 bits per heavy atom. The Hall–Kier alpha value is -0.920. The molecule has 1 aliphatic rings. The van der Waals surface area contributed by atoms with Crippen LogP contribution in [-0.4, -0.2) is 41.4 Å². The molecular weight excluding hydrogens is 252 g/mol. The normalized spacial score (nSPS) is 26.4. The van der Waals surface area contributed by atoms with Crippen LogP contribution < -0.4 is 5.73 Å². The van der Waals surface area contributed by atoms with Crippen molar-refractivity contribution in [2.24, 2.45) is 18.7 Å². The van der Waals surface area contributed by atoms with Crippen LogP contribution in [0.1, 0.15) is 19.8 Å². The second-order valence-electron chi connectivity index (χ2n) is 4.98. The maximum absolute atomic E-state index is 12.5. The first-order valence-corrected chi connectivity index (χ1v) is 7.59. The summed E-state index contributed by atoms with van der Waals surface area (Å²) in [6.45, 7) is 2.96. The molecule has 2 rings (SSSR count). The lowest BCUT2D eigenvalue weighted by molar-refractivity contribution is 0.210. The molecule has 2 N–H and O–H groups in total. The lowest BCUT2D eigenvalue weighted by atomic mass is 9.96. The topological polar surface area (TPSA) is 81.2 Å². The van der Waals surface area contributed by atoms with Crippen LogP contribution in [0.5, 0.6) is 0 Å². The highest BCUT2D eigenvalue weighted by molar-refractivity contribution is 7.89. The van der Waals surface area contributed by atoms with Gasteiger partial charge in [0.1, 0.15) is 0 Å². The number of imidazole rings is 1. The standard InChI is InChI=1S/C11H20N4O2S/c1-9-3-4-10(5-12)6-15(9)18(16,17)11-7-14(2)8-13-11/h7-10H,3-6,12H2,1-2H3. The van der Waals surface area contributed by atoms with Crippen molar-refractivity contribution in [1.82, 2.24) is 13.9 Å². The minimum absolute atomic E-state index is 0.0137. The lowest BCUT2D eigenvalue weighted by Gasteiger charge is -2.35. The fourth-order valence-electron chi connectivity index (χ4n) is 2.32. The summed E-state index contributed by atoms with van der Waals surface area (Å²) in [6.07, 6.45) is 4.88. The molecule has 102 valence electrons. The Morgan fingerprint density at radius 1 is 1.50 bits per heavy atom. The van der Waals surface area contributed by atoms with Crippen LogP contribution in [0.3, 0.4) is 0 Å². The molecule has 0 aliphatic carbocycles. The van der Waals surface area contributed by atoms with Crippen molar-refractivity contribution >= 4 is 10.0 Å². The van der Waals surface area contributed by atoms with Crippen molar-refractivity contribution in [3.63, 3.8) is 0 Å². The van der Waals surface area contributed by atoms with E-state index in [1.54, 1.807) is 11.6 Å². The second-order valence-corrected chi connectivity index (χ2v) is 6.82. The number of rotatable bonds is 3. The summed E-state index contributed by atoms with van der Waals surface area (Å²) in [5, 5.41) is 0.120. The highest BCUT2D eigenvalue weighted by Crippen LogP contribution is 2.26. The van der Waals surface area contributed by atoms with Gasteiger partial charge in [0, 0.05) is 25.8 Å². The minimum atomic E-state index is -3.49. The predicted molar refractivity (Wildman–Crippen MR) is 68.3 cm³/mol. The maximum atomic E-state index is 12.5. The van der Waals surface area contributed by atoms with E-state index in [-0.39, 0.29) is 17.0 Å². The first-order chi connectivity index (χ1) is 8.45. The Morgan fingerprint density at radius 2 is 2.22 bits per heavy atom. The second kappa shape index (κ2) is 4.99. The minimum Gasteiger partial charge on any atom is -0.339 e. The summed E-state index contributed by atoms with van der Waals surface area (Å²) in [6, 6.07) is 0.0137. The molecule has 0 radical (unpaired) electrons. The molecule has 1 aromatic rings. The number of nitrogens with zero attached hydrogens (tertiary/aromatic N) is 3. The quantitative estimate of drug-likeness (QED) is 0.850. The van der Waals surface area contributed by atoms with Crippen LogP contribution in [0.2, 0.25) is 0 Å². The number of nitrogens with two attached hydrogens (primary N) is 1. The molecule has 0 amide bonds.